The average molecular weight is 337 g/mol. The molecule has 2 aromatic heterocycles. The third kappa shape index (κ3) is 2.92. The van der Waals surface area contributed by atoms with Crippen LogP contribution in [0.2, 0.25) is 0 Å². The van der Waals surface area contributed by atoms with Crippen molar-refractivity contribution in [2.75, 3.05) is 26.2 Å². The number of aromatic nitrogens is 1. The number of carbonyl (C=O) groups is 1. The van der Waals surface area contributed by atoms with Crippen LogP contribution in [0, 0.1) is 0 Å². The van der Waals surface area contributed by atoms with Crippen molar-refractivity contribution in [3.63, 3.8) is 0 Å². The minimum atomic E-state index is 0.107. The average Bonchev–Trinajstić information content (AvgIpc) is 3.03. The lowest BCUT2D eigenvalue weighted by Gasteiger charge is -2.21. The van der Waals surface area contributed by atoms with Gasteiger partial charge in [-0.15, -0.1) is 11.3 Å². The molecule has 122 valence electrons. The Kier molecular flexibility index (Phi) is 4.28. The Labute approximate surface area is 145 Å². The Morgan fingerprint density at radius 3 is 2.92 bits per heavy atom. The quantitative estimate of drug-likeness (QED) is 0.779. The second-order valence-corrected chi connectivity index (χ2v) is 6.89. The molecule has 0 spiro atoms. The maximum atomic E-state index is 13.2. The molecule has 3 heterocycles. The molecule has 0 unspecified atom stereocenters. The fourth-order valence-electron chi connectivity index (χ4n) is 3.12. The van der Waals surface area contributed by atoms with Gasteiger partial charge in [0.05, 0.1) is 21.7 Å². The minimum absolute atomic E-state index is 0.107. The van der Waals surface area contributed by atoms with Gasteiger partial charge in [-0.2, -0.15) is 0 Å². The fraction of sp³-hybridized carbons (Fsp3) is 0.263. The van der Waals surface area contributed by atoms with Crippen LogP contribution in [-0.4, -0.2) is 42.0 Å². The monoisotopic (exact) mass is 337 g/mol. The zero-order valence-electron chi connectivity index (χ0n) is 13.4. The van der Waals surface area contributed by atoms with Gasteiger partial charge in [-0.05, 0) is 36.5 Å². The largest absolute Gasteiger partial charge is 0.337 e. The van der Waals surface area contributed by atoms with E-state index >= 15 is 0 Å². The highest BCUT2D eigenvalue weighted by molar-refractivity contribution is 7.13. The molecule has 3 aromatic rings. The summed E-state index contributed by atoms with van der Waals surface area (Å²) >= 11 is 1.65. The number of hydrogen-bond donors (Lipinski definition) is 1. The molecule has 4 rings (SSSR count). The first-order valence-corrected chi connectivity index (χ1v) is 9.14. The van der Waals surface area contributed by atoms with E-state index in [2.05, 4.69) is 5.32 Å². The van der Waals surface area contributed by atoms with Crippen LogP contribution in [0.3, 0.4) is 0 Å². The summed E-state index contributed by atoms with van der Waals surface area (Å²) < 4.78 is 0. The first kappa shape index (κ1) is 15.3. The number of amides is 1. The molecule has 1 aliphatic heterocycles. The fourth-order valence-corrected chi connectivity index (χ4v) is 3.81. The van der Waals surface area contributed by atoms with Gasteiger partial charge in [-0.25, -0.2) is 4.98 Å². The molecular formula is C19H19N3OS. The Bertz CT molecular complexity index is 852. The highest BCUT2D eigenvalue weighted by Gasteiger charge is 2.20. The van der Waals surface area contributed by atoms with Gasteiger partial charge in [0.2, 0.25) is 0 Å². The molecule has 0 saturated carbocycles. The lowest BCUT2D eigenvalue weighted by atomic mass is 10.1. The van der Waals surface area contributed by atoms with Crippen molar-refractivity contribution in [1.29, 1.82) is 0 Å². The second-order valence-electron chi connectivity index (χ2n) is 5.95. The third-order valence-corrected chi connectivity index (χ3v) is 5.24. The molecule has 1 fully saturated rings. The van der Waals surface area contributed by atoms with E-state index in [1.165, 1.54) is 0 Å². The van der Waals surface area contributed by atoms with E-state index in [0.717, 1.165) is 59.6 Å². The smallest absolute Gasteiger partial charge is 0.254 e. The number of hydrogen-bond acceptors (Lipinski definition) is 4. The molecule has 1 amide bonds. The normalized spacial score (nSPS) is 15.4. The van der Waals surface area contributed by atoms with E-state index in [9.17, 15) is 4.79 Å². The van der Waals surface area contributed by atoms with E-state index < -0.39 is 0 Å². The van der Waals surface area contributed by atoms with E-state index in [4.69, 9.17) is 4.98 Å². The number of thiophene rings is 1. The van der Waals surface area contributed by atoms with Crippen LogP contribution in [0.25, 0.3) is 21.5 Å². The number of pyridine rings is 1. The lowest BCUT2D eigenvalue weighted by Crippen LogP contribution is -2.34. The molecule has 4 nitrogen and oxygen atoms in total. The van der Waals surface area contributed by atoms with Gasteiger partial charge < -0.3 is 10.2 Å². The molecule has 1 aliphatic rings. The molecule has 24 heavy (non-hydrogen) atoms. The molecule has 0 bridgehead atoms. The third-order valence-electron chi connectivity index (χ3n) is 4.35. The lowest BCUT2D eigenvalue weighted by molar-refractivity contribution is 0.0768. The number of carbonyl (C=O) groups excluding carboxylic acids is 1. The summed E-state index contributed by atoms with van der Waals surface area (Å²) in [4.78, 5) is 21.0. The van der Waals surface area contributed by atoms with Crippen LogP contribution in [0.1, 0.15) is 16.8 Å². The van der Waals surface area contributed by atoms with E-state index in [1.54, 1.807) is 11.3 Å². The maximum Gasteiger partial charge on any atom is 0.254 e. The zero-order valence-corrected chi connectivity index (χ0v) is 14.2. The predicted molar refractivity (Wildman–Crippen MR) is 98.4 cm³/mol. The van der Waals surface area contributed by atoms with Crippen molar-refractivity contribution in [3.8, 4) is 10.6 Å². The summed E-state index contributed by atoms with van der Waals surface area (Å²) in [5, 5.41) is 6.32. The van der Waals surface area contributed by atoms with Gasteiger partial charge in [0, 0.05) is 25.0 Å². The Hall–Kier alpha value is -2.24. The number of nitrogens with zero attached hydrogens (tertiary/aromatic N) is 2. The summed E-state index contributed by atoms with van der Waals surface area (Å²) in [6.45, 7) is 3.38. The SMILES string of the molecule is O=C(c1cc(-c2cccs2)nc2ccccc12)N1CCCNCC1. The predicted octanol–water partition coefficient (Wildman–Crippen LogP) is 3.40. The van der Waals surface area contributed by atoms with Crippen molar-refractivity contribution >= 4 is 28.1 Å². The van der Waals surface area contributed by atoms with Crippen LogP contribution in [-0.2, 0) is 0 Å². The maximum absolute atomic E-state index is 13.2. The van der Waals surface area contributed by atoms with Crippen LogP contribution in [0.15, 0.2) is 47.8 Å². The van der Waals surface area contributed by atoms with Gasteiger partial charge in [0.1, 0.15) is 0 Å². The Morgan fingerprint density at radius 2 is 2.04 bits per heavy atom. The van der Waals surface area contributed by atoms with Crippen molar-refractivity contribution in [2.24, 2.45) is 0 Å². The van der Waals surface area contributed by atoms with Gasteiger partial charge >= 0.3 is 0 Å². The van der Waals surface area contributed by atoms with Crippen LogP contribution >= 0.6 is 11.3 Å². The summed E-state index contributed by atoms with van der Waals surface area (Å²) in [5.41, 5.74) is 2.51. The molecule has 1 N–H and O–H groups in total. The number of nitrogens with one attached hydrogen (secondary N) is 1. The number of para-hydroxylation sites is 1. The van der Waals surface area contributed by atoms with Crippen LogP contribution in [0.5, 0.6) is 0 Å². The number of rotatable bonds is 2. The summed E-state index contributed by atoms with van der Waals surface area (Å²) in [5.74, 6) is 0.107. The first-order valence-electron chi connectivity index (χ1n) is 8.26. The number of benzene rings is 1. The van der Waals surface area contributed by atoms with Gasteiger partial charge in [-0.3, -0.25) is 4.79 Å². The zero-order chi connectivity index (χ0) is 16.4. The topological polar surface area (TPSA) is 45.2 Å². The Morgan fingerprint density at radius 1 is 1.12 bits per heavy atom. The van der Waals surface area contributed by atoms with E-state index in [1.807, 2.05) is 52.7 Å². The van der Waals surface area contributed by atoms with Crippen molar-refractivity contribution < 1.29 is 4.79 Å². The second kappa shape index (κ2) is 6.71. The Balaban J connectivity index is 1.82. The molecule has 0 radical (unpaired) electrons. The molecular weight excluding hydrogens is 318 g/mol. The van der Waals surface area contributed by atoms with E-state index in [-0.39, 0.29) is 5.91 Å². The molecule has 1 aromatic carbocycles. The van der Waals surface area contributed by atoms with Gasteiger partial charge in [0.25, 0.3) is 5.91 Å². The first-order chi connectivity index (χ1) is 11.8. The summed E-state index contributed by atoms with van der Waals surface area (Å²) in [6, 6.07) is 13.9. The van der Waals surface area contributed by atoms with Crippen molar-refractivity contribution in [1.82, 2.24) is 15.2 Å². The van der Waals surface area contributed by atoms with Crippen LogP contribution < -0.4 is 5.32 Å². The summed E-state index contributed by atoms with van der Waals surface area (Å²) in [6.07, 6.45) is 0.993. The molecule has 0 aliphatic carbocycles. The highest BCUT2D eigenvalue weighted by Crippen LogP contribution is 2.28. The molecule has 0 atom stereocenters. The van der Waals surface area contributed by atoms with Crippen LogP contribution in [0.4, 0.5) is 0 Å². The van der Waals surface area contributed by atoms with Gasteiger partial charge in [-0.1, -0.05) is 24.3 Å². The van der Waals surface area contributed by atoms with Crippen molar-refractivity contribution in [3.05, 3.63) is 53.4 Å². The van der Waals surface area contributed by atoms with Crippen molar-refractivity contribution in [2.45, 2.75) is 6.42 Å². The number of fused-ring (bicyclic) bond motifs is 1. The standard InChI is InChI=1S/C19H19N3OS/c23-19(22-10-4-8-20-9-11-22)15-13-17(18-7-3-12-24-18)21-16-6-2-1-5-14(15)16/h1-3,5-7,12-13,20H,4,8-11H2. The molecule has 5 heteroatoms. The molecule has 1 saturated heterocycles. The summed E-state index contributed by atoms with van der Waals surface area (Å²) in [7, 11) is 0. The minimum Gasteiger partial charge on any atom is -0.337 e. The van der Waals surface area contributed by atoms with E-state index in [0.29, 0.717) is 0 Å². The highest BCUT2D eigenvalue weighted by atomic mass is 32.1. The van der Waals surface area contributed by atoms with Gasteiger partial charge in [0.15, 0.2) is 0 Å².